The van der Waals surface area contributed by atoms with Crippen molar-refractivity contribution in [1.29, 1.82) is 5.26 Å². The minimum absolute atomic E-state index is 0.0343. The monoisotopic (exact) mass is 428 g/mol. The molecule has 3 aromatic rings. The van der Waals surface area contributed by atoms with Gasteiger partial charge in [-0.25, -0.2) is 0 Å². The van der Waals surface area contributed by atoms with E-state index in [-0.39, 0.29) is 33.8 Å². The number of ether oxygens (including phenoxy) is 1. The van der Waals surface area contributed by atoms with E-state index >= 15 is 0 Å². The van der Waals surface area contributed by atoms with Crippen LogP contribution in [-0.2, 0) is 6.30 Å². The van der Waals surface area contributed by atoms with Crippen LogP contribution in [0.4, 0.5) is 18.9 Å². The molecule has 10 heteroatoms. The first-order chi connectivity index (χ1) is 14.9. The Morgan fingerprint density at radius 1 is 1.13 bits per heavy atom. The maximum atomic E-state index is 13.1. The second-order valence-electron chi connectivity index (χ2n) is 7.78. The third-order valence-electron chi connectivity index (χ3n) is 5.87. The number of fused-ring (bicyclic) bond motifs is 2. The smallest absolute Gasteiger partial charge is 0.491 e. The van der Waals surface area contributed by atoms with Crippen molar-refractivity contribution >= 4 is 16.7 Å². The van der Waals surface area contributed by atoms with Crippen molar-refractivity contribution in [2.24, 2.45) is 5.92 Å². The molecule has 3 heterocycles. The number of para-hydroxylation sites is 1. The largest absolute Gasteiger partial charge is 0.521 e. The fourth-order valence-corrected chi connectivity index (χ4v) is 4.37. The van der Waals surface area contributed by atoms with E-state index in [2.05, 4.69) is 26.5 Å². The summed E-state index contributed by atoms with van der Waals surface area (Å²) >= 11 is 0. The maximum Gasteiger partial charge on any atom is 0.521 e. The SMILES string of the molecule is N#C[C@H]1CCN([C@H]2COc3ccccc3[C@@H]2Nc2cccc3nn(C(F)(F)F)nc23)C1. The molecule has 1 aromatic heterocycles. The van der Waals surface area contributed by atoms with Crippen LogP contribution in [0.15, 0.2) is 42.5 Å². The number of benzene rings is 2. The van der Waals surface area contributed by atoms with Gasteiger partial charge in [0, 0.05) is 18.7 Å². The van der Waals surface area contributed by atoms with Crippen molar-refractivity contribution in [3.05, 3.63) is 48.0 Å². The molecular formula is C21H19F3N6O. The molecular weight excluding hydrogens is 409 g/mol. The van der Waals surface area contributed by atoms with Gasteiger partial charge in [0.05, 0.1) is 29.8 Å². The highest BCUT2D eigenvalue weighted by Crippen LogP contribution is 2.39. The lowest BCUT2D eigenvalue weighted by molar-refractivity contribution is -0.220. The standard InChI is InChI=1S/C21H19F3N6O/c22-21(23,24)30-27-16-6-3-5-15(20(16)28-30)26-19-14-4-1-2-7-18(14)31-12-17(19)29-9-8-13(10-25)11-29/h1-7,13,17,19,26H,8-9,11-12H2/t13-,17+,19+/m1/s1. The van der Waals surface area contributed by atoms with Crippen LogP contribution in [-0.4, -0.2) is 45.6 Å². The first-order valence-electron chi connectivity index (χ1n) is 9.99. The normalized spacial score (nSPS) is 23.9. The number of alkyl halides is 3. The summed E-state index contributed by atoms with van der Waals surface area (Å²) in [4.78, 5) is 2.00. The maximum absolute atomic E-state index is 13.1. The number of nitrogens with one attached hydrogen (secondary N) is 1. The van der Waals surface area contributed by atoms with Crippen LogP contribution in [0.5, 0.6) is 5.75 Å². The molecule has 0 amide bonds. The van der Waals surface area contributed by atoms with E-state index in [1.807, 2.05) is 24.3 Å². The number of hydrogen-bond donors (Lipinski definition) is 1. The molecule has 7 nitrogen and oxygen atoms in total. The molecule has 2 aliphatic rings. The molecule has 1 saturated heterocycles. The summed E-state index contributed by atoms with van der Waals surface area (Å²) in [6, 6.07) is 14.5. The molecule has 2 aromatic carbocycles. The Bertz CT molecular complexity index is 1150. The van der Waals surface area contributed by atoms with E-state index in [1.54, 1.807) is 12.1 Å². The third-order valence-corrected chi connectivity index (χ3v) is 5.87. The van der Waals surface area contributed by atoms with Gasteiger partial charge < -0.3 is 10.1 Å². The van der Waals surface area contributed by atoms with Gasteiger partial charge in [0.25, 0.3) is 0 Å². The Hall–Kier alpha value is -3.32. The Morgan fingerprint density at radius 3 is 2.74 bits per heavy atom. The summed E-state index contributed by atoms with van der Waals surface area (Å²) in [6.07, 6.45) is -3.90. The molecule has 1 fully saturated rings. The van der Waals surface area contributed by atoms with Gasteiger partial charge in [0.1, 0.15) is 23.4 Å². The number of aromatic nitrogens is 3. The Kier molecular flexibility index (Phi) is 4.70. The molecule has 1 N–H and O–H groups in total. The van der Waals surface area contributed by atoms with Crippen LogP contribution in [0.2, 0.25) is 0 Å². The summed E-state index contributed by atoms with van der Waals surface area (Å²) < 4.78 is 45.3. The Morgan fingerprint density at radius 2 is 1.97 bits per heavy atom. The first-order valence-corrected chi connectivity index (χ1v) is 9.99. The van der Waals surface area contributed by atoms with Gasteiger partial charge in [-0.3, -0.25) is 4.90 Å². The fraction of sp³-hybridized carbons (Fsp3) is 0.381. The Balaban J connectivity index is 1.53. The van der Waals surface area contributed by atoms with E-state index in [9.17, 15) is 18.4 Å². The molecule has 0 radical (unpaired) electrons. The number of likely N-dealkylation sites (tertiary alicyclic amines) is 1. The van der Waals surface area contributed by atoms with Crippen LogP contribution in [0.3, 0.4) is 0 Å². The molecule has 5 rings (SSSR count). The molecule has 0 bridgehead atoms. The first kappa shape index (κ1) is 19.6. The summed E-state index contributed by atoms with van der Waals surface area (Å²) in [7, 11) is 0. The second kappa shape index (κ2) is 7.42. The molecule has 0 aliphatic carbocycles. The quantitative estimate of drug-likeness (QED) is 0.686. The van der Waals surface area contributed by atoms with Gasteiger partial charge in [-0.1, -0.05) is 29.1 Å². The van der Waals surface area contributed by atoms with Crippen LogP contribution >= 0.6 is 0 Å². The van der Waals surface area contributed by atoms with Gasteiger partial charge in [0.2, 0.25) is 0 Å². The van der Waals surface area contributed by atoms with Crippen molar-refractivity contribution < 1.29 is 17.9 Å². The van der Waals surface area contributed by atoms with Crippen molar-refractivity contribution in [1.82, 2.24) is 19.9 Å². The zero-order valence-corrected chi connectivity index (χ0v) is 16.4. The molecule has 0 unspecified atom stereocenters. The summed E-state index contributed by atoms with van der Waals surface area (Å²) in [6.45, 7) is 1.82. The number of nitriles is 1. The molecule has 160 valence electrons. The van der Waals surface area contributed by atoms with E-state index in [0.717, 1.165) is 24.3 Å². The highest BCUT2D eigenvalue weighted by atomic mass is 19.4. The molecule has 3 atom stereocenters. The molecule has 31 heavy (non-hydrogen) atoms. The zero-order valence-electron chi connectivity index (χ0n) is 16.4. The number of hydrogen-bond acceptors (Lipinski definition) is 6. The lowest BCUT2D eigenvalue weighted by atomic mass is 9.94. The van der Waals surface area contributed by atoms with Gasteiger partial charge in [-0.2, -0.15) is 5.26 Å². The van der Waals surface area contributed by atoms with E-state index in [4.69, 9.17) is 4.74 Å². The average molecular weight is 428 g/mol. The zero-order chi connectivity index (χ0) is 21.6. The molecule has 0 spiro atoms. The summed E-state index contributed by atoms with van der Waals surface area (Å²) in [5.74, 6) is 0.700. The number of rotatable bonds is 3. The van der Waals surface area contributed by atoms with Gasteiger partial charge in [-0.15, -0.1) is 23.4 Å². The molecule has 0 saturated carbocycles. The van der Waals surface area contributed by atoms with E-state index < -0.39 is 6.30 Å². The van der Waals surface area contributed by atoms with Crippen LogP contribution < -0.4 is 10.1 Å². The molecule has 2 aliphatic heterocycles. The number of nitrogens with zero attached hydrogens (tertiary/aromatic N) is 5. The van der Waals surface area contributed by atoms with Crippen molar-refractivity contribution in [3.8, 4) is 11.8 Å². The predicted octanol–water partition coefficient (Wildman–Crippen LogP) is 3.67. The van der Waals surface area contributed by atoms with Crippen molar-refractivity contribution in [2.75, 3.05) is 25.0 Å². The number of anilines is 1. The van der Waals surface area contributed by atoms with Crippen molar-refractivity contribution in [2.45, 2.75) is 24.8 Å². The topological polar surface area (TPSA) is 79.0 Å². The highest BCUT2D eigenvalue weighted by molar-refractivity contribution is 5.87. The highest BCUT2D eigenvalue weighted by Gasteiger charge is 2.39. The fourth-order valence-electron chi connectivity index (χ4n) is 4.37. The third kappa shape index (κ3) is 3.55. The van der Waals surface area contributed by atoms with E-state index in [1.165, 1.54) is 6.07 Å². The van der Waals surface area contributed by atoms with Crippen LogP contribution in [0, 0.1) is 17.2 Å². The minimum Gasteiger partial charge on any atom is -0.491 e. The van der Waals surface area contributed by atoms with Crippen molar-refractivity contribution in [3.63, 3.8) is 0 Å². The van der Waals surface area contributed by atoms with Gasteiger partial charge in [0.15, 0.2) is 0 Å². The van der Waals surface area contributed by atoms with Crippen LogP contribution in [0.25, 0.3) is 11.0 Å². The second-order valence-corrected chi connectivity index (χ2v) is 7.78. The predicted molar refractivity (Wildman–Crippen MR) is 106 cm³/mol. The number of halogens is 3. The Labute approximate surface area is 176 Å². The van der Waals surface area contributed by atoms with Crippen LogP contribution in [0.1, 0.15) is 18.0 Å². The summed E-state index contributed by atoms with van der Waals surface area (Å²) in [5.41, 5.74) is 1.69. The lowest BCUT2D eigenvalue weighted by Crippen LogP contribution is -2.47. The summed E-state index contributed by atoms with van der Waals surface area (Å²) in [5, 5.41) is 20.0. The van der Waals surface area contributed by atoms with Gasteiger partial charge in [-0.05, 0) is 24.6 Å². The average Bonchev–Trinajstić information content (AvgIpc) is 3.41. The lowest BCUT2D eigenvalue weighted by Gasteiger charge is -2.39. The minimum atomic E-state index is -4.69. The van der Waals surface area contributed by atoms with E-state index in [0.29, 0.717) is 18.8 Å². The van der Waals surface area contributed by atoms with Gasteiger partial charge >= 0.3 is 6.30 Å².